The van der Waals surface area contributed by atoms with E-state index in [-0.39, 0.29) is 18.1 Å². The number of fused-ring (bicyclic) bond motifs is 1. The van der Waals surface area contributed by atoms with Crippen molar-refractivity contribution in [1.82, 2.24) is 14.9 Å². The van der Waals surface area contributed by atoms with E-state index in [4.69, 9.17) is 19.4 Å². The van der Waals surface area contributed by atoms with Crippen molar-refractivity contribution in [3.05, 3.63) is 18.2 Å². The van der Waals surface area contributed by atoms with Gasteiger partial charge in [-0.25, -0.2) is 19.2 Å². The van der Waals surface area contributed by atoms with E-state index in [1.54, 1.807) is 0 Å². The van der Waals surface area contributed by atoms with Gasteiger partial charge in [-0.2, -0.15) is 13.2 Å². The van der Waals surface area contributed by atoms with Crippen molar-refractivity contribution < 1.29 is 41.7 Å². The van der Waals surface area contributed by atoms with E-state index in [9.17, 15) is 22.4 Å². The van der Waals surface area contributed by atoms with Gasteiger partial charge in [-0.1, -0.05) is 0 Å². The molecular formula is C18H22F4N4O5. The summed E-state index contributed by atoms with van der Waals surface area (Å²) in [5, 5.41) is 7.12. The molecule has 3 aliphatic rings. The molecule has 31 heavy (non-hydrogen) atoms. The molecule has 0 aliphatic carbocycles. The SMILES string of the molecule is O=C(C[C@@H]1C[C@H]2CN(c3ncc(F)cn3)C[C@H]2O1)N1CCOCC1.O=C(O)C(F)(F)F. The van der Waals surface area contributed by atoms with Crippen molar-refractivity contribution >= 4 is 17.8 Å². The number of alkyl halides is 3. The standard InChI is InChI=1S/C16H21FN4O3.C2HF3O2/c17-12-7-18-16(19-8-12)21-9-11-5-13(24-14(11)10-21)6-15(22)20-1-3-23-4-2-20;3-2(4,5)1(6)7/h7-8,11,13-14H,1-6,9-10H2;(H,6,7)/t11-,13-,14+;/m0./s1. The molecule has 1 aromatic heterocycles. The number of anilines is 1. The van der Waals surface area contributed by atoms with Crippen LogP contribution < -0.4 is 4.90 Å². The first-order valence-corrected chi connectivity index (χ1v) is 9.67. The molecular weight excluding hydrogens is 428 g/mol. The fourth-order valence-corrected chi connectivity index (χ4v) is 3.76. The van der Waals surface area contributed by atoms with Crippen LogP contribution in [0.15, 0.2) is 12.4 Å². The van der Waals surface area contributed by atoms with Crippen molar-refractivity contribution in [2.75, 3.05) is 44.3 Å². The normalized spacial score (nSPS) is 25.6. The van der Waals surface area contributed by atoms with Crippen LogP contribution in [-0.4, -0.2) is 89.6 Å². The number of carboxylic acids is 1. The second-order valence-electron chi connectivity index (χ2n) is 7.40. The number of nitrogens with zero attached hydrogens (tertiary/aromatic N) is 4. The Morgan fingerprint density at radius 2 is 1.77 bits per heavy atom. The van der Waals surface area contributed by atoms with Gasteiger partial charge in [0.05, 0.1) is 44.2 Å². The van der Waals surface area contributed by atoms with Crippen LogP contribution in [0.2, 0.25) is 0 Å². The summed E-state index contributed by atoms with van der Waals surface area (Å²) in [6.07, 6.45) is -1.31. The molecule has 1 aromatic rings. The number of hydrogen-bond donors (Lipinski definition) is 1. The summed E-state index contributed by atoms with van der Waals surface area (Å²) in [5.74, 6) is -2.12. The number of aliphatic carboxylic acids is 1. The number of amides is 1. The predicted octanol–water partition coefficient (Wildman–Crippen LogP) is 1.09. The molecule has 4 rings (SSSR count). The van der Waals surface area contributed by atoms with Crippen molar-refractivity contribution in [2.45, 2.75) is 31.2 Å². The third-order valence-corrected chi connectivity index (χ3v) is 5.21. The number of aromatic nitrogens is 2. The van der Waals surface area contributed by atoms with Gasteiger partial charge in [0.1, 0.15) is 0 Å². The number of hydrogen-bond acceptors (Lipinski definition) is 7. The van der Waals surface area contributed by atoms with Gasteiger partial charge in [0, 0.05) is 32.1 Å². The average molecular weight is 450 g/mol. The number of rotatable bonds is 3. The second-order valence-corrected chi connectivity index (χ2v) is 7.40. The van der Waals surface area contributed by atoms with E-state index in [0.29, 0.717) is 51.1 Å². The summed E-state index contributed by atoms with van der Waals surface area (Å²) >= 11 is 0. The zero-order valence-corrected chi connectivity index (χ0v) is 16.4. The van der Waals surface area contributed by atoms with Crippen LogP contribution in [0.25, 0.3) is 0 Å². The molecule has 3 fully saturated rings. The number of halogens is 4. The van der Waals surface area contributed by atoms with Crippen molar-refractivity contribution in [2.24, 2.45) is 5.92 Å². The second kappa shape index (κ2) is 9.73. The molecule has 172 valence electrons. The Labute approximate surface area is 174 Å². The van der Waals surface area contributed by atoms with E-state index < -0.39 is 18.0 Å². The van der Waals surface area contributed by atoms with Crippen LogP contribution in [0, 0.1) is 11.7 Å². The van der Waals surface area contributed by atoms with E-state index in [1.165, 1.54) is 12.4 Å². The minimum atomic E-state index is -5.08. The van der Waals surface area contributed by atoms with Crippen molar-refractivity contribution in [3.63, 3.8) is 0 Å². The Bertz CT molecular complexity index is 759. The van der Waals surface area contributed by atoms with Crippen molar-refractivity contribution in [1.29, 1.82) is 0 Å². The molecule has 3 aliphatic heterocycles. The number of carbonyl (C=O) groups excluding carboxylic acids is 1. The summed E-state index contributed by atoms with van der Waals surface area (Å²) in [4.78, 5) is 33.2. The van der Waals surface area contributed by atoms with Gasteiger partial charge >= 0.3 is 12.1 Å². The minimum Gasteiger partial charge on any atom is -0.475 e. The molecule has 0 unspecified atom stereocenters. The van der Waals surface area contributed by atoms with Gasteiger partial charge in [-0.15, -0.1) is 0 Å². The van der Waals surface area contributed by atoms with E-state index in [1.807, 2.05) is 9.80 Å². The topological polar surface area (TPSA) is 105 Å². The van der Waals surface area contributed by atoms with E-state index >= 15 is 0 Å². The maximum Gasteiger partial charge on any atom is 0.490 e. The molecule has 0 bridgehead atoms. The first-order valence-electron chi connectivity index (χ1n) is 9.67. The van der Waals surface area contributed by atoms with Gasteiger partial charge in [0.25, 0.3) is 0 Å². The molecule has 3 atom stereocenters. The summed E-state index contributed by atoms with van der Waals surface area (Å²) < 4.78 is 56.0. The Morgan fingerprint density at radius 3 is 2.32 bits per heavy atom. The molecule has 0 spiro atoms. The lowest BCUT2D eigenvalue weighted by Crippen LogP contribution is -2.42. The molecule has 0 radical (unpaired) electrons. The highest BCUT2D eigenvalue weighted by molar-refractivity contribution is 5.76. The third-order valence-electron chi connectivity index (χ3n) is 5.21. The number of carboxylic acid groups (broad SMARTS) is 1. The maximum atomic E-state index is 12.9. The van der Waals surface area contributed by atoms with Crippen LogP contribution in [0.1, 0.15) is 12.8 Å². The van der Waals surface area contributed by atoms with Gasteiger partial charge in [-0.3, -0.25) is 4.79 Å². The highest BCUT2D eigenvalue weighted by Gasteiger charge is 2.43. The first kappa shape index (κ1) is 23.1. The highest BCUT2D eigenvalue weighted by Crippen LogP contribution is 2.35. The number of ether oxygens (including phenoxy) is 2. The quantitative estimate of drug-likeness (QED) is 0.683. The monoisotopic (exact) mass is 450 g/mol. The van der Waals surface area contributed by atoms with Crippen molar-refractivity contribution in [3.8, 4) is 0 Å². The minimum absolute atomic E-state index is 0.00775. The lowest BCUT2D eigenvalue weighted by molar-refractivity contribution is -0.192. The van der Waals surface area contributed by atoms with Crippen LogP contribution in [0.5, 0.6) is 0 Å². The number of morpholine rings is 1. The highest BCUT2D eigenvalue weighted by atomic mass is 19.4. The molecule has 1 amide bonds. The van der Waals surface area contributed by atoms with Gasteiger partial charge in [0.2, 0.25) is 11.9 Å². The molecule has 13 heteroatoms. The zero-order chi connectivity index (χ0) is 22.6. The Kier molecular flexibility index (Phi) is 7.26. The molecule has 9 nitrogen and oxygen atoms in total. The Hall–Kier alpha value is -2.54. The molecule has 1 N–H and O–H groups in total. The van der Waals surface area contributed by atoms with E-state index in [0.717, 1.165) is 13.0 Å². The van der Waals surface area contributed by atoms with Crippen LogP contribution in [0.4, 0.5) is 23.5 Å². The number of carbonyl (C=O) groups is 2. The molecule has 4 heterocycles. The Balaban J connectivity index is 0.000000339. The van der Waals surface area contributed by atoms with E-state index in [2.05, 4.69) is 9.97 Å². The first-order chi connectivity index (χ1) is 14.6. The Morgan fingerprint density at radius 1 is 1.16 bits per heavy atom. The molecule has 0 saturated carbocycles. The lowest BCUT2D eigenvalue weighted by atomic mass is 10.0. The average Bonchev–Trinajstić information content (AvgIpc) is 3.27. The summed E-state index contributed by atoms with van der Waals surface area (Å²) in [6, 6.07) is 0. The fraction of sp³-hybridized carbons (Fsp3) is 0.667. The fourth-order valence-electron chi connectivity index (χ4n) is 3.76. The lowest BCUT2D eigenvalue weighted by Gasteiger charge is -2.28. The summed E-state index contributed by atoms with van der Waals surface area (Å²) in [7, 11) is 0. The predicted molar refractivity (Wildman–Crippen MR) is 96.7 cm³/mol. The third kappa shape index (κ3) is 6.23. The molecule has 3 saturated heterocycles. The van der Waals surface area contributed by atoms with Gasteiger partial charge in [0.15, 0.2) is 5.82 Å². The maximum absolute atomic E-state index is 12.9. The summed E-state index contributed by atoms with van der Waals surface area (Å²) in [6.45, 7) is 4.07. The zero-order valence-electron chi connectivity index (χ0n) is 16.4. The molecule has 0 aromatic carbocycles. The van der Waals surface area contributed by atoms with Crippen LogP contribution in [0.3, 0.4) is 0 Å². The van der Waals surface area contributed by atoms with Crippen LogP contribution in [-0.2, 0) is 19.1 Å². The smallest absolute Gasteiger partial charge is 0.475 e. The van der Waals surface area contributed by atoms with Crippen LogP contribution >= 0.6 is 0 Å². The largest absolute Gasteiger partial charge is 0.490 e. The van der Waals surface area contributed by atoms with Gasteiger partial charge < -0.3 is 24.4 Å². The summed E-state index contributed by atoms with van der Waals surface area (Å²) in [5.41, 5.74) is 0. The van der Waals surface area contributed by atoms with Gasteiger partial charge in [-0.05, 0) is 6.42 Å².